The fraction of sp³-hybridized carbons (Fsp3) is 0.118. The molecule has 0 bridgehead atoms. The summed E-state index contributed by atoms with van der Waals surface area (Å²) in [6, 6.07) is 14.1. The fourth-order valence-electron chi connectivity index (χ4n) is 1.94. The number of carbonyl (C=O) groups is 1. The molecule has 6 heteroatoms. The van der Waals surface area contributed by atoms with Crippen LogP contribution < -0.4 is 5.43 Å². The predicted molar refractivity (Wildman–Crippen MR) is 91.6 cm³/mol. The SMILES string of the molecule is CCc1ccc(C(/C=N/O)=N/NC(=O)c2cccc(Cl)c2)cc1. The minimum Gasteiger partial charge on any atom is -0.411 e. The van der Waals surface area contributed by atoms with E-state index in [0.717, 1.165) is 12.0 Å². The third-order valence-corrected chi connectivity index (χ3v) is 3.44. The van der Waals surface area contributed by atoms with Gasteiger partial charge in [0.15, 0.2) is 0 Å². The van der Waals surface area contributed by atoms with Crippen molar-refractivity contribution in [2.75, 3.05) is 0 Å². The maximum atomic E-state index is 12.1. The highest BCUT2D eigenvalue weighted by molar-refractivity contribution is 6.38. The molecule has 2 rings (SSSR count). The summed E-state index contributed by atoms with van der Waals surface area (Å²) in [6.07, 6.45) is 2.09. The third kappa shape index (κ3) is 4.66. The van der Waals surface area contributed by atoms with E-state index in [1.165, 1.54) is 11.8 Å². The van der Waals surface area contributed by atoms with Gasteiger partial charge in [0.05, 0.1) is 6.21 Å². The van der Waals surface area contributed by atoms with Gasteiger partial charge in [0.25, 0.3) is 5.91 Å². The Morgan fingerprint density at radius 3 is 2.57 bits per heavy atom. The van der Waals surface area contributed by atoms with Crippen molar-refractivity contribution in [3.05, 3.63) is 70.2 Å². The second kappa shape index (κ2) is 8.10. The van der Waals surface area contributed by atoms with Crippen LogP contribution in [0.25, 0.3) is 0 Å². The number of nitrogens with zero attached hydrogens (tertiary/aromatic N) is 2. The van der Waals surface area contributed by atoms with E-state index < -0.39 is 5.91 Å². The zero-order valence-corrected chi connectivity index (χ0v) is 13.3. The number of hydrazone groups is 1. The summed E-state index contributed by atoms with van der Waals surface area (Å²) in [6.45, 7) is 2.06. The summed E-state index contributed by atoms with van der Waals surface area (Å²) in [7, 11) is 0. The molecule has 1 amide bonds. The van der Waals surface area contributed by atoms with Crippen molar-refractivity contribution in [2.45, 2.75) is 13.3 Å². The first-order valence-electron chi connectivity index (χ1n) is 7.04. The molecule has 2 aromatic rings. The molecule has 0 aromatic heterocycles. The van der Waals surface area contributed by atoms with Crippen LogP contribution in [0.5, 0.6) is 0 Å². The number of hydrogen-bond acceptors (Lipinski definition) is 4. The molecule has 0 aliphatic heterocycles. The molecule has 0 unspecified atom stereocenters. The summed E-state index contributed by atoms with van der Waals surface area (Å²) in [5.74, 6) is -0.401. The number of aryl methyl sites for hydroxylation is 1. The van der Waals surface area contributed by atoms with E-state index in [1.54, 1.807) is 24.3 Å². The van der Waals surface area contributed by atoms with E-state index >= 15 is 0 Å². The Bertz CT molecular complexity index is 740. The Hall–Kier alpha value is -2.66. The average Bonchev–Trinajstić information content (AvgIpc) is 2.58. The number of halogens is 1. The van der Waals surface area contributed by atoms with Gasteiger partial charge in [0.1, 0.15) is 5.71 Å². The number of hydrogen-bond donors (Lipinski definition) is 2. The van der Waals surface area contributed by atoms with Crippen molar-refractivity contribution in [3.63, 3.8) is 0 Å². The van der Waals surface area contributed by atoms with Crippen LogP contribution in [0.1, 0.15) is 28.4 Å². The standard InChI is InChI=1S/C17H16ClN3O2/c1-2-12-6-8-13(9-7-12)16(11-19-23)20-21-17(22)14-4-3-5-15(18)10-14/h3-11,23H,2H2,1H3,(H,21,22)/b19-11+,20-16+. The molecule has 0 fully saturated rings. The normalized spacial score (nSPS) is 11.7. The molecule has 118 valence electrons. The molecule has 0 spiro atoms. The summed E-state index contributed by atoms with van der Waals surface area (Å²) in [4.78, 5) is 12.1. The van der Waals surface area contributed by atoms with E-state index in [2.05, 4.69) is 22.6 Å². The van der Waals surface area contributed by atoms with E-state index in [0.29, 0.717) is 16.3 Å². The quantitative estimate of drug-likeness (QED) is 0.500. The Morgan fingerprint density at radius 1 is 1.22 bits per heavy atom. The molecular weight excluding hydrogens is 314 g/mol. The molecule has 0 aliphatic carbocycles. The van der Waals surface area contributed by atoms with E-state index in [-0.39, 0.29) is 0 Å². The van der Waals surface area contributed by atoms with Gasteiger partial charge in [0, 0.05) is 16.1 Å². The lowest BCUT2D eigenvalue weighted by molar-refractivity contribution is 0.0955. The summed E-state index contributed by atoms with van der Waals surface area (Å²) >= 11 is 5.86. The Kier molecular flexibility index (Phi) is 5.88. The van der Waals surface area contributed by atoms with Crippen LogP contribution in [0, 0.1) is 0 Å². The molecule has 0 aliphatic rings. The first kappa shape index (κ1) is 16.7. The van der Waals surface area contributed by atoms with E-state index in [9.17, 15) is 4.79 Å². The highest BCUT2D eigenvalue weighted by atomic mass is 35.5. The van der Waals surface area contributed by atoms with Crippen molar-refractivity contribution in [2.24, 2.45) is 10.3 Å². The van der Waals surface area contributed by atoms with Gasteiger partial charge in [-0.3, -0.25) is 4.79 Å². The van der Waals surface area contributed by atoms with Crippen LogP contribution in [0.4, 0.5) is 0 Å². The highest BCUT2D eigenvalue weighted by Crippen LogP contribution is 2.10. The zero-order valence-electron chi connectivity index (χ0n) is 12.5. The van der Waals surface area contributed by atoms with Crippen molar-refractivity contribution in [1.82, 2.24) is 5.43 Å². The van der Waals surface area contributed by atoms with Crippen molar-refractivity contribution in [1.29, 1.82) is 0 Å². The number of carbonyl (C=O) groups excluding carboxylic acids is 1. The smallest absolute Gasteiger partial charge is 0.271 e. The Balaban J connectivity index is 2.19. The van der Waals surface area contributed by atoms with Crippen molar-refractivity contribution in [3.8, 4) is 0 Å². The van der Waals surface area contributed by atoms with Crippen LogP contribution >= 0.6 is 11.6 Å². The molecule has 23 heavy (non-hydrogen) atoms. The van der Waals surface area contributed by atoms with Gasteiger partial charge in [-0.15, -0.1) is 0 Å². The maximum absolute atomic E-state index is 12.1. The van der Waals surface area contributed by atoms with Crippen LogP contribution in [0.3, 0.4) is 0 Å². The molecular formula is C17H16ClN3O2. The molecule has 2 N–H and O–H groups in total. The molecule has 0 heterocycles. The fourth-order valence-corrected chi connectivity index (χ4v) is 2.13. The molecule has 2 aromatic carbocycles. The largest absolute Gasteiger partial charge is 0.411 e. The van der Waals surface area contributed by atoms with Gasteiger partial charge in [-0.1, -0.05) is 54.0 Å². The Morgan fingerprint density at radius 2 is 1.96 bits per heavy atom. The highest BCUT2D eigenvalue weighted by Gasteiger charge is 2.07. The van der Waals surface area contributed by atoms with Crippen LogP contribution in [0.15, 0.2) is 58.8 Å². The molecule has 5 nitrogen and oxygen atoms in total. The molecule has 0 atom stereocenters. The van der Waals surface area contributed by atoms with E-state index in [4.69, 9.17) is 16.8 Å². The second-order valence-corrected chi connectivity index (χ2v) is 5.18. The first-order valence-corrected chi connectivity index (χ1v) is 7.42. The predicted octanol–water partition coefficient (Wildman–Crippen LogP) is 3.50. The molecule has 0 saturated heterocycles. The van der Waals surface area contributed by atoms with Gasteiger partial charge in [-0.05, 0) is 30.2 Å². The average molecular weight is 330 g/mol. The van der Waals surface area contributed by atoms with Crippen LogP contribution in [-0.4, -0.2) is 23.0 Å². The molecule has 0 radical (unpaired) electrons. The lowest BCUT2D eigenvalue weighted by Crippen LogP contribution is -2.20. The first-order chi connectivity index (χ1) is 11.1. The number of nitrogens with one attached hydrogen (secondary N) is 1. The van der Waals surface area contributed by atoms with Crippen molar-refractivity contribution >= 4 is 29.4 Å². The number of rotatable bonds is 5. The second-order valence-electron chi connectivity index (χ2n) is 4.74. The topological polar surface area (TPSA) is 74.1 Å². The summed E-state index contributed by atoms with van der Waals surface area (Å²) in [5, 5.41) is 16.2. The molecule has 0 saturated carbocycles. The number of benzene rings is 2. The van der Waals surface area contributed by atoms with Crippen LogP contribution in [-0.2, 0) is 6.42 Å². The van der Waals surface area contributed by atoms with Gasteiger partial charge < -0.3 is 5.21 Å². The summed E-state index contributed by atoms with van der Waals surface area (Å²) in [5.41, 5.74) is 5.06. The minimum absolute atomic E-state index is 0.338. The lowest BCUT2D eigenvalue weighted by atomic mass is 10.1. The van der Waals surface area contributed by atoms with Crippen molar-refractivity contribution < 1.29 is 10.0 Å². The van der Waals surface area contributed by atoms with Gasteiger partial charge in [-0.25, -0.2) is 5.43 Å². The van der Waals surface area contributed by atoms with Gasteiger partial charge in [-0.2, -0.15) is 5.10 Å². The zero-order chi connectivity index (χ0) is 16.7. The number of amides is 1. The van der Waals surface area contributed by atoms with Gasteiger partial charge in [0.2, 0.25) is 0 Å². The summed E-state index contributed by atoms with van der Waals surface area (Å²) < 4.78 is 0. The third-order valence-electron chi connectivity index (χ3n) is 3.20. The van der Waals surface area contributed by atoms with Crippen LogP contribution in [0.2, 0.25) is 5.02 Å². The van der Waals surface area contributed by atoms with Gasteiger partial charge >= 0.3 is 0 Å². The Labute approximate surface area is 139 Å². The lowest BCUT2D eigenvalue weighted by Gasteiger charge is -2.04. The number of oxime groups is 1. The van der Waals surface area contributed by atoms with E-state index in [1.807, 2.05) is 24.3 Å². The monoisotopic (exact) mass is 329 g/mol. The minimum atomic E-state index is -0.401. The maximum Gasteiger partial charge on any atom is 0.271 e.